The lowest BCUT2D eigenvalue weighted by Gasteiger charge is -2.24. The number of alkyl halides is 3. The minimum atomic E-state index is -4.57. The van der Waals surface area contributed by atoms with Crippen molar-refractivity contribution < 1.29 is 40.6 Å². The van der Waals surface area contributed by atoms with Gasteiger partial charge in [0.2, 0.25) is 5.76 Å². The molecule has 0 aliphatic rings. The van der Waals surface area contributed by atoms with Crippen molar-refractivity contribution in [2.45, 2.75) is 65.0 Å². The number of furan rings is 1. The highest BCUT2D eigenvalue weighted by Gasteiger charge is 2.35. The van der Waals surface area contributed by atoms with E-state index in [-0.39, 0.29) is 29.4 Å². The predicted molar refractivity (Wildman–Crippen MR) is 164 cm³/mol. The quantitative estimate of drug-likeness (QED) is 0.167. The smallest absolute Gasteiger partial charge is 0.449 e. The van der Waals surface area contributed by atoms with Crippen molar-refractivity contribution in [3.8, 4) is 11.1 Å². The molecule has 0 unspecified atom stereocenters. The third-order valence-corrected chi connectivity index (χ3v) is 9.09. The van der Waals surface area contributed by atoms with Gasteiger partial charge in [0.15, 0.2) is 15.6 Å². The summed E-state index contributed by atoms with van der Waals surface area (Å²) < 4.78 is 75.5. The first-order valence-corrected chi connectivity index (χ1v) is 16.0. The van der Waals surface area contributed by atoms with E-state index in [1.165, 1.54) is 18.2 Å². The summed E-state index contributed by atoms with van der Waals surface area (Å²) in [4.78, 5) is 13.8. The lowest BCUT2D eigenvalue weighted by atomic mass is 9.99. The van der Waals surface area contributed by atoms with Crippen LogP contribution in [0.2, 0.25) is 0 Å². The molecule has 0 spiro atoms. The van der Waals surface area contributed by atoms with Crippen molar-refractivity contribution in [1.29, 1.82) is 0 Å². The van der Waals surface area contributed by atoms with E-state index in [2.05, 4.69) is 12.1 Å². The Morgan fingerprint density at radius 2 is 1.53 bits per heavy atom. The first kappa shape index (κ1) is 34.0. The van der Waals surface area contributed by atoms with Gasteiger partial charge in [-0.05, 0) is 84.8 Å². The van der Waals surface area contributed by atoms with Crippen molar-refractivity contribution in [3.05, 3.63) is 112 Å². The van der Waals surface area contributed by atoms with Crippen LogP contribution in [0.25, 0.3) is 11.1 Å². The van der Waals surface area contributed by atoms with Crippen LogP contribution in [0.1, 0.15) is 51.8 Å². The van der Waals surface area contributed by atoms with Gasteiger partial charge in [-0.2, -0.15) is 13.2 Å². The highest BCUT2D eigenvalue weighted by Crippen LogP contribution is 2.32. The summed E-state index contributed by atoms with van der Waals surface area (Å²) in [6.07, 6.45) is -4.57. The Labute approximate surface area is 261 Å². The maximum atomic E-state index is 13.2. The van der Waals surface area contributed by atoms with Crippen LogP contribution >= 0.6 is 0 Å². The molecule has 7 nitrogen and oxygen atoms in total. The molecule has 11 heteroatoms. The van der Waals surface area contributed by atoms with Crippen LogP contribution in [-0.4, -0.2) is 36.8 Å². The van der Waals surface area contributed by atoms with Crippen molar-refractivity contribution >= 4 is 15.8 Å². The number of carbonyl (C=O) groups excluding carboxylic acids is 1. The van der Waals surface area contributed by atoms with Crippen LogP contribution in [0.5, 0.6) is 0 Å². The van der Waals surface area contributed by atoms with Crippen LogP contribution in [0.15, 0.2) is 76.0 Å². The molecule has 240 valence electrons. The molecule has 1 heterocycles. The summed E-state index contributed by atoms with van der Waals surface area (Å²) >= 11 is 0. The molecule has 4 rings (SSSR count). The first-order valence-electron chi connectivity index (χ1n) is 14.4. The van der Waals surface area contributed by atoms with Gasteiger partial charge in [0.05, 0.1) is 24.7 Å². The average Bonchev–Trinajstić information content (AvgIpc) is 3.44. The highest BCUT2D eigenvalue weighted by atomic mass is 32.2. The Morgan fingerprint density at radius 3 is 2.11 bits per heavy atom. The zero-order chi connectivity index (χ0) is 32.9. The van der Waals surface area contributed by atoms with Gasteiger partial charge in [0.1, 0.15) is 5.76 Å². The largest absolute Gasteiger partial charge is 0.465 e. The minimum Gasteiger partial charge on any atom is -0.465 e. The molecule has 0 radical (unpaired) electrons. The van der Waals surface area contributed by atoms with Crippen molar-refractivity contribution in [1.82, 2.24) is 4.90 Å². The summed E-state index contributed by atoms with van der Waals surface area (Å²) in [6.45, 7) is 8.18. The summed E-state index contributed by atoms with van der Waals surface area (Å²) in [5.41, 5.74) is 6.70. The minimum absolute atomic E-state index is 0.0470. The zero-order valence-electron chi connectivity index (χ0n) is 25.6. The molecular weight excluding hydrogens is 607 g/mol. The summed E-state index contributed by atoms with van der Waals surface area (Å²) in [6, 6.07) is 18.4. The molecule has 0 bridgehead atoms. The lowest BCUT2D eigenvalue weighted by molar-refractivity contribution is -0.153. The second-order valence-electron chi connectivity index (χ2n) is 11.0. The van der Waals surface area contributed by atoms with Crippen LogP contribution in [0, 0.1) is 20.8 Å². The fourth-order valence-electron chi connectivity index (χ4n) is 5.34. The number of hydrogen-bond acceptors (Lipinski definition) is 7. The topological polar surface area (TPSA) is 97.1 Å². The number of aryl methyl sites for hydroxylation is 3. The number of ether oxygens (including phenoxy) is 1. The summed E-state index contributed by atoms with van der Waals surface area (Å²) in [5.74, 6) is -2.56. The number of hydrogen-bond donors (Lipinski definition) is 1. The van der Waals surface area contributed by atoms with E-state index < -0.39 is 40.1 Å². The average molecular weight is 644 g/mol. The van der Waals surface area contributed by atoms with Crippen LogP contribution in [-0.2, 0) is 51.8 Å². The third kappa shape index (κ3) is 8.62. The fraction of sp³-hybridized carbons (Fsp3) is 0.324. The van der Waals surface area contributed by atoms with E-state index in [1.54, 1.807) is 13.0 Å². The predicted octanol–water partition coefficient (Wildman–Crippen LogP) is 6.92. The SMILES string of the molecule is CCOC(=O)CS(=O)(=O)c1cc(-c2ccc(CN(Cc3ccc(C(F)(F)F)o3)Cc3c(C)cc(C)cc3C)cc2)ccc1CO. The molecule has 0 atom stereocenters. The summed E-state index contributed by atoms with van der Waals surface area (Å²) in [5, 5.41) is 9.75. The number of rotatable bonds is 12. The van der Waals surface area contributed by atoms with Gasteiger partial charge in [0, 0.05) is 13.1 Å². The molecule has 0 amide bonds. The van der Waals surface area contributed by atoms with E-state index in [9.17, 15) is 31.5 Å². The van der Waals surface area contributed by atoms with Gasteiger partial charge in [-0.15, -0.1) is 0 Å². The van der Waals surface area contributed by atoms with Gasteiger partial charge in [-0.1, -0.05) is 54.1 Å². The second kappa shape index (κ2) is 14.0. The maximum Gasteiger partial charge on any atom is 0.449 e. The Hall–Kier alpha value is -3.93. The number of benzene rings is 3. The number of carbonyl (C=O) groups is 1. The van der Waals surface area contributed by atoms with Gasteiger partial charge in [-0.25, -0.2) is 8.42 Å². The third-order valence-electron chi connectivity index (χ3n) is 7.42. The first-order chi connectivity index (χ1) is 21.2. The van der Waals surface area contributed by atoms with E-state index >= 15 is 0 Å². The Morgan fingerprint density at radius 1 is 0.889 bits per heavy atom. The van der Waals surface area contributed by atoms with Gasteiger partial charge < -0.3 is 14.3 Å². The van der Waals surface area contributed by atoms with Crippen molar-refractivity contribution in [2.24, 2.45) is 0 Å². The number of halogens is 3. The molecule has 0 fully saturated rings. The van der Waals surface area contributed by atoms with Gasteiger partial charge in [0.25, 0.3) is 0 Å². The number of sulfone groups is 1. The Balaban J connectivity index is 1.61. The van der Waals surface area contributed by atoms with Crippen LogP contribution in [0.3, 0.4) is 0 Å². The molecule has 1 N–H and O–H groups in total. The monoisotopic (exact) mass is 643 g/mol. The zero-order valence-corrected chi connectivity index (χ0v) is 26.4. The Bertz CT molecular complexity index is 1740. The van der Waals surface area contributed by atoms with Crippen LogP contribution in [0.4, 0.5) is 13.2 Å². The number of nitrogens with zero attached hydrogens (tertiary/aromatic N) is 1. The lowest BCUT2D eigenvalue weighted by Crippen LogP contribution is -2.23. The molecule has 45 heavy (non-hydrogen) atoms. The second-order valence-corrected chi connectivity index (χ2v) is 13.0. The molecule has 0 saturated carbocycles. The van der Waals surface area contributed by atoms with Crippen molar-refractivity contribution in [3.63, 3.8) is 0 Å². The van der Waals surface area contributed by atoms with E-state index in [0.717, 1.165) is 33.9 Å². The molecule has 0 aliphatic heterocycles. The van der Waals surface area contributed by atoms with Crippen LogP contribution < -0.4 is 0 Å². The van der Waals surface area contributed by atoms with E-state index in [4.69, 9.17) is 9.15 Å². The maximum absolute atomic E-state index is 13.2. The molecule has 3 aromatic carbocycles. The van der Waals surface area contributed by atoms with E-state index in [1.807, 2.05) is 49.9 Å². The molecule has 4 aromatic rings. The molecule has 0 aliphatic carbocycles. The summed E-state index contributed by atoms with van der Waals surface area (Å²) in [7, 11) is -4.08. The van der Waals surface area contributed by atoms with Gasteiger partial charge in [-0.3, -0.25) is 9.69 Å². The number of esters is 1. The van der Waals surface area contributed by atoms with E-state index in [0.29, 0.717) is 24.2 Å². The van der Waals surface area contributed by atoms with Crippen molar-refractivity contribution in [2.75, 3.05) is 12.4 Å². The van der Waals surface area contributed by atoms with Gasteiger partial charge >= 0.3 is 12.1 Å². The highest BCUT2D eigenvalue weighted by molar-refractivity contribution is 7.92. The Kier molecular flexibility index (Phi) is 10.6. The molecular formula is C34H36F3NO6S. The fourth-order valence-corrected chi connectivity index (χ4v) is 6.72. The normalized spacial score (nSPS) is 12.1. The molecule has 0 saturated heterocycles. The molecule has 1 aromatic heterocycles. The number of aliphatic hydroxyl groups is 1. The standard InChI is InChI=1S/C34H36F3NO6S/c1-5-43-33(40)21-45(41,42)31-16-27(10-11-28(31)20-39)26-8-6-25(7-9-26)17-38(18-29-12-13-32(44-29)34(35,36)37)19-30-23(3)14-22(2)15-24(30)4/h6-16,39H,5,17-21H2,1-4H3. The number of aliphatic hydroxyl groups excluding tert-OH is 1.